The van der Waals surface area contributed by atoms with Crippen LogP contribution in [0.15, 0.2) is 41.0 Å². The van der Waals surface area contributed by atoms with Crippen LogP contribution in [0.5, 0.6) is 0 Å². The van der Waals surface area contributed by atoms with Gasteiger partial charge in [0.05, 0.1) is 6.26 Å². The van der Waals surface area contributed by atoms with E-state index in [1.165, 1.54) is 23.5 Å². The Balaban J connectivity index is 1.39. The number of aryl methyl sites for hydroxylation is 2. The maximum Gasteiger partial charge on any atom is 0.325 e. The molecule has 0 radical (unpaired) electrons. The molecule has 1 aliphatic rings. The zero-order chi connectivity index (χ0) is 17.6. The minimum absolute atomic E-state index is 0.0992. The summed E-state index contributed by atoms with van der Waals surface area (Å²) in [6, 6.07) is 8.84. The van der Waals surface area contributed by atoms with E-state index in [2.05, 4.69) is 10.6 Å². The molecule has 3 rings (SSSR count). The van der Waals surface area contributed by atoms with Gasteiger partial charge in [0.1, 0.15) is 6.54 Å². The molecule has 0 saturated carbocycles. The van der Waals surface area contributed by atoms with Gasteiger partial charge in [-0.05, 0) is 54.7 Å². The number of anilines is 1. The number of hydrogen-bond donors (Lipinski definition) is 2. The van der Waals surface area contributed by atoms with E-state index in [-0.39, 0.29) is 12.3 Å². The zero-order valence-corrected chi connectivity index (χ0v) is 13.5. The molecule has 0 atom stereocenters. The van der Waals surface area contributed by atoms with Gasteiger partial charge in [0.15, 0.2) is 12.4 Å². The van der Waals surface area contributed by atoms with Crippen molar-refractivity contribution < 1.29 is 23.5 Å². The quantitative estimate of drug-likeness (QED) is 0.779. The van der Waals surface area contributed by atoms with Gasteiger partial charge in [-0.2, -0.15) is 0 Å². The molecular weight excluding hydrogens is 324 g/mol. The summed E-state index contributed by atoms with van der Waals surface area (Å²) in [6.07, 6.45) is 4.58. The summed E-state index contributed by atoms with van der Waals surface area (Å²) in [6.45, 7) is -0.752. The molecule has 0 saturated heterocycles. The lowest BCUT2D eigenvalue weighted by Crippen LogP contribution is -2.32. The Hall–Kier alpha value is -3.09. The summed E-state index contributed by atoms with van der Waals surface area (Å²) in [7, 11) is 0. The smallest absolute Gasteiger partial charge is 0.325 e. The van der Waals surface area contributed by atoms with Crippen molar-refractivity contribution in [3.63, 3.8) is 0 Å². The van der Waals surface area contributed by atoms with E-state index in [4.69, 9.17) is 9.15 Å². The van der Waals surface area contributed by atoms with Crippen LogP contribution in [-0.4, -0.2) is 30.9 Å². The first-order valence-corrected chi connectivity index (χ1v) is 8.01. The predicted octanol–water partition coefficient (Wildman–Crippen LogP) is 1.68. The average molecular weight is 342 g/mol. The Morgan fingerprint density at radius 2 is 1.96 bits per heavy atom. The van der Waals surface area contributed by atoms with E-state index in [1.807, 2.05) is 18.2 Å². The number of rotatable bonds is 6. The van der Waals surface area contributed by atoms with Gasteiger partial charge >= 0.3 is 5.97 Å². The molecule has 2 aromatic rings. The van der Waals surface area contributed by atoms with Crippen molar-refractivity contribution in [2.24, 2.45) is 0 Å². The van der Waals surface area contributed by atoms with Gasteiger partial charge in [0.2, 0.25) is 0 Å². The van der Waals surface area contributed by atoms with Gasteiger partial charge in [-0.1, -0.05) is 6.07 Å². The second kappa shape index (κ2) is 7.65. The van der Waals surface area contributed by atoms with Crippen molar-refractivity contribution in [3.8, 4) is 0 Å². The molecule has 7 heteroatoms. The largest absolute Gasteiger partial charge is 0.459 e. The number of carbonyl (C=O) groups excluding carboxylic acids is 3. The molecule has 0 unspecified atom stereocenters. The molecule has 0 bridgehead atoms. The Morgan fingerprint density at radius 3 is 2.76 bits per heavy atom. The molecule has 25 heavy (non-hydrogen) atoms. The lowest BCUT2D eigenvalue weighted by atomic mass is 10.1. The predicted molar refractivity (Wildman–Crippen MR) is 89.1 cm³/mol. The lowest BCUT2D eigenvalue weighted by molar-refractivity contribution is -0.146. The van der Waals surface area contributed by atoms with Crippen LogP contribution in [0.1, 0.15) is 28.1 Å². The lowest BCUT2D eigenvalue weighted by Gasteiger charge is -2.08. The van der Waals surface area contributed by atoms with Crippen molar-refractivity contribution >= 4 is 23.5 Å². The fourth-order valence-electron chi connectivity index (χ4n) is 2.69. The second-order valence-corrected chi connectivity index (χ2v) is 5.71. The zero-order valence-electron chi connectivity index (χ0n) is 13.5. The van der Waals surface area contributed by atoms with E-state index < -0.39 is 24.4 Å². The van der Waals surface area contributed by atoms with E-state index in [0.717, 1.165) is 19.3 Å². The van der Waals surface area contributed by atoms with Crippen LogP contribution in [0, 0.1) is 0 Å². The van der Waals surface area contributed by atoms with Crippen LogP contribution in [0.4, 0.5) is 5.69 Å². The van der Waals surface area contributed by atoms with Gasteiger partial charge < -0.3 is 19.8 Å². The Kier molecular flexibility index (Phi) is 5.13. The van der Waals surface area contributed by atoms with E-state index in [0.29, 0.717) is 5.69 Å². The van der Waals surface area contributed by atoms with Gasteiger partial charge in [0, 0.05) is 5.69 Å². The molecule has 1 aromatic carbocycles. The summed E-state index contributed by atoms with van der Waals surface area (Å²) >= 11 is 0. The van der Waals surface area contributed by atoms with Crippen molar-refractivity contribution in [1.29, 1.82) is 0 Å². The minimum atomic E-state index is -0.705. The highest BCUT2D eigenvalue weighted by atomic mass is 16.5. The first-order valence-electron chi connectivity index (χ1n) is 8.01. The Morgan fingerprint density at radius 1 is 1.12 bits per heavy atom. The number of nitrogens with one attached hydrogen (secondary N) is 2. The average Bonchev–Trinajstić information content (AvgIpc) is 3.28. The number of amides is 2. The Labute approximate surface area is 144 Å². The number of esters is 1. The molecule has 0 aliphatic heterocycles. The first kappa shape index (κ1) is 16.8. The third-order valence-corrected chi connectivity index (χ3v) is 3.88. The number of carbonyl (C=O) groups is 3. The molecule has 130 valence electrons. The van der Waals surface area contributed by atoms with Crippen LogP contribution in [-0.2, 0) is 27.2 Å². The summed E-state index contributed by atoms with van der Waals surface area (Å²) in [5, 5.41) is 5.04. The Bertz CT molecular complexity index is 783. The SMILES string of the molecule is O=C(COC(=O)CNC(=O)c1ccco1)Nc1ccc2c(c1)CCC2. The molecule has 7 nitrogen and oxygen atoms in total. The fourth-order valence-corrected chi connectivity index (χ4v) is 2.69. The monoisotopic (exact) mass is 342 g/mol. The van der Waals surface area contributed by atoms with Gasteiger partial charge in [-0.3, -0.25) is 14.4 Å². The van der Waals surface area contributed by atoms with E-state index in [9.17, 15) is 14.4 Å². The number of hydrogen-bond acceptors (Lipinski definition) is 5. The van der Waals surface area contributed by atoms with Crippen molar-refractivity contribution in [2.75, 3.05) is 18.5 Å². The summed E-state index contributed by atoms with van der Waals surface area (Å²) in [5.41, 5.74) is 3.25. The molecule has 1 aliphatic carbocycles. The van der Waals surface area contributed by atoms with Crippen molar-refractivity contribution in [3.05, 3.63) is 53.5 Å². The van der Waals surface area contributed by atoms with Crippen molar-refractivity contribution in [1.82, 2.24) is 5.32 Å². The molecule has 0 spiro atoms. The summed E-state index contributed by atoms with van der Waals surface area (Å²) in [4.78, 5) is 35.0. The second-order valence-electron chi connectivity index (χ2n) is 5.71. The highest BCUT2D eigenvalue weighted by Gasteiger charge is 2.14. The summed E-state index contributed by atoms with van der Waals surface area (Å²) < 4.78 is 9.74. The maximum absolute atomic E-state index is 11.9. The van der Waals surface area contributed by atoms with Crippen LogP contribution >= 0.6 is 0 Å². The van der Waals surface area contributed by atoms with Crippen LogP contribution in [0.25, 0.3) is 0 Å². The highest BCUT2D eigenvalue weighted by Crippen LogP contribution is 2.24. The number of ether oxygens (including phenoxy) is 1. The molecule has 1 aromatic heterocycles. The molecule has 0 fully saturated rings. The molecular formula is C18H18N2O5. The van der Waals surface area contributed by atoms with Gasteiger partial charge in [-0.15, -0.1) is 0 Å². The summed E-state index contributed by atoms with van der Waals surface area (Å²) in [5.74, 6) is -1.56. The van der Waals surface area contributed by atoms with Crippen molar-refractivity contribution in [2.45, 2.75) is 19.3 Å². The number of furan rings is 1. The van der Waals surface area contributed by atoms with E-state index >= 15 is 0 Å². The highest BCUT2D eigenvalue weighted by molar-refractivity contribution is 5.95. The molecule has 2 amide bonds. The van der Waals surface area contributed by atoms with E-state index in [1.54, 1.807) is 6.07 Å². The topological polar surface area (TPSA) is 97.6 Å². The van der Waals surface area contributed by atoms with Gasteiger partial charge in [-0.25, -0.2) is 0 Å². The van der Waals surface area contributed by atoms with Gasteiger partial charge in [0.25, 0.3) is 11.8 Å². The standard InChI is InChI=1S/C18H18N2O5/c21-16(20-14-7-6-12-3-1-4-13(12)9-14)11-25-17(22)10-19-18(23)15-5-2-8-24-15/h2,5-9H,1,3-4,10-11H2,(H,19,23)(H,20,21). The number of fused-ring (bicyclic) bond motifs is 1. The molecule has 2 N–H and O–H groups in total. The minimum Gasteiger partial charge on any atom is -0.459 e. The van der Waals surface area contributed by atoms with Crippen LogP contribution in [0.3, 0.4) is 0 Å². The van der Waals surface area contributed by atoms with Crippen LogP contribution < -0.4 is 10.6 Å². The third kappa shape index (κ3) is 4.47. The van der Waals surface area contributed by atoms with Crippen LogP contribution in [0.2, 0.25) is 0 Å². The fraction of sp³-hybridized carbons (Fsp3) is 0.278. The third-order valence-electron chi connectivity index (χ3n) is 3.88. The maximum atomic E-state index is 11.9. The number of benzene rings is 1. The molecule has 1 heterocycles. The normalized spacial score (nSPS) is 12.3. The first-order chi connectivity index (χ1) is 12.1.